The van der Waals surface area contributed by atoms with Crippen molar-refractivity contribution in [3.8, 4) is 23.6 Å². The third-order valence-electron chi connectivity index (χ3n) is 4.71. The van der Waals surface area contributed by atoms with E-state index in [1.54, 1.807) is 29.2 Å². The number of amides is 1. The molecule has 28 heavy (non-hydrogen) atoms. The Morgan fingerprint density at radius 2 is 1.57 bits per heavy atom. The van der Waals surface area contributed by atoms with Crippen LogP contribution in [0, 0.1) is 36.5 Å². The second-order valence-corrected chi connectivity index (χ2v) is 6.62. The predicted molar refractivity (Wildman–Crippen MR) is 105 cm³/mol. The van der Waals surface area contributed by atoms with Crippen LogP contribution in [-0.2, 0) is 0 Å². The number of hydrogen-bond acceptors (Lipinski definition) is 4. The Morgan fingerprint density at radius 1 is 0.857 bits per heavy atom. The predicted octanol–water partition coefficient (Wildman–Crippen LogP) is 5.13. The second kappa shape index (κ2) is 6.57. The summed E-state index contributed by atoms with van der Waals surface area (Å²) < 4.78 is 6.01. The van der Waals surface area contributed by atoms with Gasteiger partial charge in [0.2, 0.25) is 0 Å². The van der Waals surface area contributed by atoms with E-state index in [1.807, 2.05) is 44.2 Å². The van der Waals surface area contributed by atoms with E-state index >= 15 is 0 Å². The molecule has 1 aliphatic rings. The fourth-order valence-corrected chi connectivity index (χ4v) is 3.39. The Morgan fingerprint density at radius 3 is 2.29 bits per heavy atom. The molecular weight excluding hydrogens is 350 g/mol. The lowest BCUT2D eigenvalue weighted by molar-refractivity contribution is 0.0999. The number of rotatable bonds is 1. The molecule has 0 aliphatic carbocycles. The number of aryl methyl sites for hydroxylation is 2. The van der Waals surface area contributed by atoms with E-state index in [0.29, 0.717) is 28.4 Å². The molecule has 4 rings (SSSR count). The lowest BCUT2D eigenvalue weighted by atomic mass is 10.0. The number of hydrogen-bond donors (Lipinski definition) is 0. The molecule has 5 heteroatoms. The topological polar surface area (TPSA) is 77.1 Å². The Hall–Kier alpha value is -4.09. The maximum atomic E-state index is 13.5. The number of benzene rings is 3. The summed E-state index contributed by atoms with van der Waals surface area (Å²) >= 11 is 0. The standard InChI is InChI=1S/C23H15N3O2/c1-14-7-8-19(15(2)9-14)26-20-10-16(12-24)17(13-25)11-22(20)28-21-6-4-3-5-18(21)23(26)27/h3-11H,1-2H3. The first-order valence-electron chi connectivity index (χ1n) is 8.70. The van der Waals surface area contributed by atoms with Crippen molar-refractivity contribution in [3.63, 3.8) is 0 Å². The van der Waals surface area contributed by atoms with Gasteiger partial charge in [0.05, 0.1) is 28.1 Å². The molecule has 0 saturated carbocycles. The van der Waals surface area contributed by atoms with E-state index in [1.165, 1.54) is 12.1 Å². The van der Waals surface area contributed by atoms with Crippen LogP contribution < -0.4 is 9.64 Å². The van der Waals surface area contributed by atoms with Crippen LogP contribution >= 0.6 is 0 Å². The first-order chi connectivity index (χ1) is 13.5. The summed E-state index contributed by atoms with van der Waals surface area (Å²) in [5.74, 6) is 0.512. The molecule has 3 aromatic rings. The van der Waals surface area contributed by atoms with Crippen molar-refractivity contribution in [3.05, 3.63) is 82.4 Å². The molecule has 3 aromatic carbocycles. The van der Waals surface area contributed by atoms with Crippen LogP contribution in [0.5, 0.6) is 11.5 Å². The summed E-state index contributed by atoms with van der Waals surface area (Å²) in [4.78, 5) is 15.0. The van der Waals surface area contributed by atoms with Crippen molar-refractivity contribution in [1.29, 1.82) is 10.5 Å². The molecule has 0 saturated heterocycles. The van der Waals surface area contributed by atoms with Crippen LogP contribution in [0.2, 0.25) is 0 Å². The normalized spacial score (nSPS) is 12.1. The number of para-hydroxylation sites is 1. The Bertz CT molecular complexity index is 1220. The van der Waals surface area contributed by atoms with Gasteiger partial charge in [-0.25, -0.2) is 0 Å². The molecule has 1 heterocycles. The van der Waals surface area contributed by atoms with Gasteiger partial charge in [0, 0.05) is 6.07 Å². The highest BCUT2D eigenvalue weighted by Crippen LogP contribution is 2.44. The van der Waals surface area contributed by atoms with E-state index in [-0.39, 0.29) is 17.0 Å². The van der Waals surface area contributed by atoms with Crippen molar-refractivity contribution in [2.24, 2.45) is 0 Å². The smallest absolute Gasteiger partial charge is 0.266 e. The highest BCUT2D eigenvalue weighted by molar-refractivity contribution is 6.14. The molecule has 0 N–H and O–H groups in total. The number of nitrogens with zero attached hydrogens (tertiary/aromatic N) is 3. The average molecular weight is 365 g/mol. The van der Waals surface area contributed by atoms with E-state index in [2.05, 4.69) is 0 Å². The van der Waals surface area contributed by atoms with E-state index in [9.17, 15) is 15.3 Å². The molecule has 0 fully saturated rings. The first kappa shape index (κ1) is 17.3. The van der Waals surface area contributed by atoms with E-state index in [0.717, 1.165) is 11.1 Å². The summed E-state index contributed by atoms with van der Waals surface area (Å²) in [5.41, 5.74) is 3.94. The number of fused-ring (bicyclic) bond motifs is 2. The van der Waals surface area contributed by atoms with Gasteiger partial charge in [0.15, 0.2) is 5.75 Å². The minimum absolute atomic E-state index is 0.193. The van der Waals surface area contributed by atoms with Gasteiger partial charge in [0.25, 0.3) is 5.91 Å². The zero-order valence-corrected chi connectivity index (χ0v) is 15.4. The summed E-state index contributed by atoms with van der Waals surface area (Å²) in [6.45, 7) is 3.92. The first-order valence-corrected chi connectivity index (χ1v) is 8.70. The minimum atomic E-state index is -0.255. The van der Waals surface area contributed by atoms with E-state index < -0.39 is 0 Å². The minimum Gasteiger partial charge on any atom is -0.454 e. The lowest BCUT2D eigenvalue weighted by Crippen LogP contribution is -2.26. The average Bonchev–Trinajstić information content (AvgIpc) is 2.81. The fourth-order valence-electron chi connectivity index (χ4n) is 3.39. The van der Waals surface area contributed by atoms with Gasteiger partial charge in [0.1, 0.15) is 17.9 Å². The van der Waals surface area contributed by atoms with Crippen LogP contribution in [0.4, 0.5) is 11.4 Å². The maximum absolute atomic E-state index is 13.5. The second-order valence-electron chi connectivity index (χ2n) is 6.62. The Kier molecular flexibility index (Phi) is 4.07. The van der Waals surface area contributed by atoms with Crippen LogP contribution in [0.25, 0.3) is 0 Å². The highest BCUT2D eigenvalue weighted by atomic mass is 16.5. The number of nitriles is 2. The van der Waals surface area contributed by atoms with Gasteiger partial charge in [-0.1, -0.05) is 29.8 Å². The fraction of sp³-hybridized carbons (Fsp3) is 0.0870. The van der Waals surface area contributed by atoms with Gasteiger partial charge in [-0.15, -0.1) is 0 Å². The molecule has 0 radical (unpaired) electrons. The third kappa shape index (κ3) is 2.67. The molecule has 1 amide bonds. The summed E-state index contributed by atoms with van der Waals surface area (Å²) in [6, 6.07) is 19.9. The molecule has 0 spiro atoms. The highest BCUT2D eigenvalue weighted by Gasteiger charge is 2.31. The Balaban J connectivity index is 2.06. The molecule has 1 aliphatic heterocycles. The maximum Gasteiger partial charge on any atom is 0.266 e. The zero-order valence-electron chi connectivity index (χ0n) is 15.4. The summed E-state index contributed by atoms with van der Waals surface area (Å²) in [5, 5.41) is 18.9. The van der Waals surface area contributed by atoms with Crippen LogP contribution in [0.1, 0.15) is 32.6 Å². The SMILES string of the molecule is Cc1ccc(N2C(=O)c3ccccc3Oc3cc(C#N)c(C#N)cc32)c(C)c1. The summed E-state index contributed by atoms with van der Waals surface area (Å²) in [7, 11) is 0. The Labute approximate surface area is 162 Å². The van der Waals surface area contributed by atoms with Gasteiger partial charge in [-0.05, 0) is 43.7 Å². The molecule has 0 unspecified atom stereocenters. The van der Waals surface area contributed by atoms with Gasteiger partial charge in [-0.3, -0.25) is 9.69 Å². The van der Waals surface area contributed by atoms with Crippen LogP contribution in [0.3, 0.4) is 0 Å². The molecule has 134 valence electrons. The number of carbonyl (C=O) groups excluding carboxylic acids is 1. The van der Waals surface area contributed by atoms with Crippen molar-refractivity contribution in [1.82, 2.24) is 0 Å². The van der Waals surface area contributed by atoms with E-state index in [4.69, 9.17) is 4.74 Å². The largest absolute Gasteiger partial charge is 0.454 e. The van der Waals surface area contributed by atoms with Crippen LogP contribution in [0.15, 0.2) is 54.6 Å². The van der Waals surface area contributed by atoms with Crippen molar-refractivity contribution < 1.29 is 9.53 Å². The van der Waals surface area contributed by atoms with Crippen molar-refractivity contribution in [2.45, 2.75) is 13.8 Å². The molecule has 0 bridgehead atoms. The quantitative estimate of drug-likeness (QED) is 0.599. The number of anilines is 2. The van der Waals surface area contributed by atoms with Gasteiger partial charge < -0.3 is 4.74 Å². The molecule has 5 nitrogen and oxygen atoms in total. The zero-order chi connectivity index (χ0) is 19.8. The van der Waals surface area contributed by atoms with Crippen LogP contribution in [-0.4, -0.2) is 5.91 Å². The monoisotopic (exact) mass is 365 g/mol. The molecular formula is C23H15N3O2. The lowest BCUT2D eigenvalue weighted by Gasteiger charge is -2.24. The summed E-state index contributed by atoms with van der Waals surface area (Å²) in [6.07, 6.45) is 0. The molecule has 0 atom stereocenters. The van der Waals surface area contributed by atoms with Crippen molar-refractivity contribution >= 4 is 17.3 Å². The number of carbonyl (C=O) groups is 1. The third-order valence-corrected chi connectivity index (χ3v) is 4.71. The van der Waals surface area contributed by atoms with Crippen molar-refractivity contribution in [2.75, 3.05) is 4.90 Å². The van der Waals surface area contributed by atoms with Gasteiger partial charge >= 0.3 is 0 Å². The molecule has 0 aromatic heterocycles. The van der Waals surface area contributed by atoms with Gasteiger partial charge in [-0.2, -0.15) is 10.5 Å². The number of ether oxygens (including phenoxy) is 1.